The SMILES string of the molecule is O=C([O-])[C@@H]1[C@@H](C(=O)NC2CC[NH+](Cc3ccccc3)CC2)[C@H]2C=C[C@H]1C2. The Balaban J connectivity index is 1.30. The normalized spacial score (nSPS) is 35.4. The van der Waals surface area contributed by atoms with Crippen LogP contribution in [0.25, 0.3) is 0 Å². The number of fused-ring (bicyclic) bond motifs is 2. The molecule has 4 rings (SSSR count). The molecule has 3 aliphatic rings. The number of hydrogen-bond donors (Lipinski definition) is 2. The predicted molar refractivity (Wildman–Crippen MR) is 94.7 cm³/mol. The van der Waals surface area contributed by atoms with Gasteiger partial charge in [-0.2, -0.15) is 0 Å². The van der Waals surface area contributed by atoms with Crippen LogP contribution in [-0.2, 0) is 16.1 Å². The lowest BCUT2D eigenvalue weighted by Crippen LogP contribution is -3.12. The second-order valence-electron chi connectivity index (χ2n) is 8.01. The summed E-state index contributed by atoms with van der Waals surface area (Å²) in [4.78, 5) is 25.8. The van der Waals surface area contributed by atoms with E-state index in [9.17, 15) is 14.7 Å². The second kappa shape index (κ2) is 7.23. The summed E-state index contributed by atoms with van der Waals surface area (Å²) < 4.78 is 0. The predicted octanol–water partition coefficient (Wildman–Crippen LogP) is -0.462. The highest BCUT2D eigenvalue weighted by atomic mass is 16.4. The molecule has 0 aromatic heterocycles. The van der Waals surface area contributed by atoms with Crippen molar-refractivity contribution < 1.29 is 19.6 Å². The number of likely N-dealkylation sites (tertiary alicyclic amines) is 1. The number of rotatable bonds is 5. The smallest absolute Gasteiger partial charge is 0.224 e. The molecule has 0 unspecified atom stereocenters. The highest BCUT2D eigenvalue weighted by molar-refractivity contribution is 5.86. The lowest BCUT2D eigenvalue weighted by molar-refractivity contribution is -0.918. The van der Waals surface area contributed by atoms with Gasteiger partial charge in [-0.05, 0) is 18.3 Å². The van der Waals surface area contributed by atoms with Gasteiger partial charge in [-0.25, -0.2) is 0 Å². The molecule has 138 valence electrons. The molecule has 4 atom stereocenters. The average Bonchev–Trinajstić information content (AvgIpc) is 3.25. The van der Waals surface area contributed by atoms with Crippen molar-refractivity contribution in [2.75, 3.05) is 13.1 Å². The third-order valence-electron chi connectivity index (χ3n) is 6.37. The summed E-state index contributed by atoms with van der Waals surface area (Å²) in [7, 11) is 0. The second-order valence-corrected chi connectivity index (χ2v) is 8.01. The minimum absolute atomic E-state index is 0.0297. The van der Waals surface area contributed by atoms with Crippen molar-refractivity contribution in [1.82, 2.24) is 5.32 Å². The molecule has 2 aliphatic carbocycles. The number of carbonyl (C=O) groups excluding carboxylic acids is 2. The molecule has 1 aliphatic heterocycles. The van der Waals surface area contributed by atoms with Crippen molar-refractivity contribution in [3.8, 4) is 0 Å². The molecule has 5 nitrogen and oxygen atoms in total. The van der Waals surface area contributed by atoms with Crippen LogP contribution in [0.2, 0.25) is 0 Å². The van der Waals surface area contributed by atoms with Crippen LogP contribution < -0.4 is 15.3 Å². The Bertz CT molecular complexity index is 694. The Kier molecular flexibility index (Phi) is 4.81. The number of carboxylic acid groups (broad SMARTS) is 1. The number of allylic oxidation sites excluding steroid dienone is 2. The van der Waals surface area contributed by atoms with E-state index < -0.39 is 17.8 Å². The zero-order valence-corrected chi connectivity index (χ0v) is 14.9. The number of carboxylic acids is 1. The molecular weight excluding hydrogens is 328 g/mol. The molecule has 1 saturated heterocycles. The van der Waals surface area contributed by atoms with E-state index >= 15 is 0 Å². The Morgan fingerprint density at radius 3 is 2.35 bits per heavy atom. The van der Waals surface area contributed by atoms with Crippen molar-refractivity contribution in [3.63, 3.8) is 0 Å². The topological polar surface area (TPSA) is 73.7 Å². The van der Waals surface area contributed by atoms with Crippen molar-refractivity contribution in [2.45, 2.75) is 31.8 Å². The van der Waals surface area contributed by atoms with Gasteiger partial charge in [0.15, 0.2) is 0 Å². The standard InChI is InChI=1S/C21H26N2O3/c24-20(18-15-6-7-16(12-15)19(18)21(25)26)22-17-8-10-23(11-9-17)13-14-4-2-1-3-5-14/h1-7,15-19H,8-13H2,(H,22,24)(H,25,26)/t15-,16-,18-,19-/m0/s1. The number of aliphatic carboxylic acids is 1. The van der Waals surface area contributed by atoms with E-state index in [1.54, 1.807) is 0 Å². The maximum Gasteiger partial charge on any atom is 0.224 e. The van der Waals surface area contributed by atoms with Gasteiger partial charge < -0.3 is 20.1 Å². The quantitative estimate of drug-likeness (QED) is 0.703. The number of benzene rings is 1. The number of nitrogens with one attached hydrogen (secondary N) is 2. The highest BCUT2D eigenvalue weighted by Gasteiger charge is 2.49. The molecule has 2 bridgehead atoms. The van der Waals surface area contributed by atoms with Gasteiger partial charge in [-0.15, -0.1) is 0 Å². The highest BCUT2D eigenvalue weighted by Crippen LogP contribution is 2.47. The lowest BCUT2D eigenvalue weighted by Gasteiger charge is -2.33. The van der Waals surface area contributed by atoms with Crippen LogP contribution in [0.15, 0.2) is 42.5 Å². The third-order valence-corrected chi connectivity index (χ3v) is 6.37. The van der Waals surface area contributed by atoms with E-state index in [1.165, 1.54) is 10.5 Å². The summed E-state index contributed by atoms with van der Waals surface area (Å²) in [6.45, 7) is 3.08. The molecule has 5 heteroatoms. The Hall–Kier alpha value is -2.14. The summed E-state index contributed by atoms with van der Waals surface area (Å²) >= 11 is 0. The van der Waals surface area contributed by atoms with E-state index in [0.717, 1.165) is 38.9 Å². The van der Waals surface area contributed by atoms with Gasteiger partial charge in [0.1, 0.15) is 6.54 Å². The largest absolute Gasteiger partial charge is 0.550 e. The van der Waals surface area contributed by atoms with Crippen molar-refractivity contribution in [1.29, 1.82) is 0 Å². The van der Waals surface area contributed by atoms with Gasteiger partial charge in [-0.3, -0.25) is 4.79 Å². The van der Waals surface area contributed by atoms with Gasteiger partial charge in [0.25, 0.3) is 0 Å². The molecular formula is C21H26N2O3. The van der Waals surface area contributed by atoms with E-state index in [4.69, 9.17) is 0 Å². The van der Waals surface area contributed by atoms with Crippen LogP contribution in [0.3, 0.4) is 0 Å². The molecule has 1 amide bonds. The molecule has 1 aromatic rings. The Morgan fingerprint density at radius 1 is 1.04 bits per heavy atom. The van der Waals surface area contributed by atoms with Crippen LogP contribution in [-0.4, -0.2) is 31.0 Å². The van der Waals surface area contributed by atoms with Gasteiger partial charge >= 0.3 is 0 Å². The monoisotopic (exact) mass is 354 g/mol. The fourth-order valence-corrected chi connectivity index (χ4v) is 5.03. The van der Waals surface area contributed by atoms with Crippen molar-refractivity contribution in [2.24, 2.45) is 23.7 Å². The molecule has 2 fully saturated rings. The van der Waals surface area contributed by atoms with Crippen LogP contribution in [0.4, 0.5) is 0 Å². The first-order valence-electron chi connectivity index (χ1n) is 9.69. The summed E-state index contributed by atoms with van der Waals surface area (Å²) in [5, 5.41) is 14.6. The molecule has 1 saturated carbocycles. The van der Waals surface area contributed by atoms with Crippen LogP contribution in [0, 0.1) is 23.7 Å². The van der Waals surface area contributed by atoms with Crippen molar-refractivity contribution >= 4 is 11.9 Å². The van der Waals surface area contributed by atoms with Gasteiger partial charge in [0.05, 0.1) is 19.0 Å². The molecule has 26 heavy (non-hydrogen) atoms. The van der Waals surface area contributed by atoms with Crippen molar-refractivity contribution in [3.05, 3.63) is 48.0 Å². The number of amides is 1. The molecule has 0 radical (unpaired) electrons. The lowest BCUT2D eigenvalue weighted by atomic mass is 9.82. The van der Waals surface area contributed by atoms with E-state index in [0.29, 0.717) is 0 Å². The van der Waals surface area contributed by atoms with Gasteiger partial charge in [0, 0.05) is 36.3 Å². The molecule has 0 spiro atoms. The minimum Gasteiger partial charge on any atom is -0.550 e. The fraction of sp³-hybridized carbons (Fsp3) is 0.524. The summed E-state index contributed by atoms with van der Waals surface area (Å²) in [6.07, 6.45) is 6.62. The summed E-state index contributed by atoms with van der Waals surface area (Å²) in [5.41, 5.74) is 1.34. The number of piperidine rings is 1. The number of hydrogen-bond acceptors (Lipinski definition) is 3. The van der Waals surface area contributed by atoms with Crippen LogP contribution >= 0.6 is 0 Å². The van der Waals surface area contributed by atoms with E-state index in [1.807, 2.05) is 18.2 Å². The first-order chi connectivity index (χ1) is 12.6. The minimum atomic E-state index is -1.08. The Labute approximate surface area is 154 Å². The maximum absolute atomic E-state index is 12.7. The van der Waals surface area contributed by atoms with Gasteiger partial charge in [-0.1, -0.05) is 42.5 Å². The summed E-state index contributed by atoms with van der Waals surface area (Å²) in [6, 6.07) is 10.6. The maximum atomic E-state index is 12.7. The third kappa shape index (κ3) is 3.40. The number of carbonyl (C=O) groups is 2. The molecule has 1 heterocycles. The number of quaternary nitrogens is 1. The van der Waals surface area contributed by atoms with Gasteiger partial charge in [0.2, 0.25) is 5.91 Å². The average molecular weight is 354 g/mol. The van der Waals surface area contributed by atoms with Crippen LogP contribution in [0.5, 0.6) is 0 Å². The van der Waals surface area contributed by atoms with Crippen LogP contribution in [0.1, 0.15) is 24.8 Å². The Morgan fingerprint density at radius 2 is 1.69 bits per heavy atom. The fourth-order valence-electron chi connectivity index (χ4n) is 5.03. The first-order valence-corrected chi connectivity index (χ1v) is 9.69. The zero-order valence-electron chi connectivity index (χ0n) is 14.9. The van der Waals surface area contributed by atoms with E-state index in [-0.39, 0.29) is 23.8 Å². The molecule has 2 N–H and O–H groups in total. The first kappa shape index (κ1) is 17.3. The van der Waals surface area contributed by atoms with E-state index in [2.05, 4.69) is 29.6 Å². The summed E-state index contributed by atoms with van der Waals surface area (Å²) in [5.74, 6) is -2.25. The zero-order chi connectivity index (χ0) is 18.1. The molecule has 1 aromatic carbocycles.